The summed E-state index contributed by atoms with van der Waals surface area (Å²) >= 11 is 1.25. The van der Waals surface area contributed by atoms with Gasteiger partial charge < -0.3 is 9.84 Å². The van der Waals surface area contributed by atoms with Gasteiger partial charge >= 0.3 is 5.97 Å². The number of hydrogen-bond acceptors (Lipinski definition) is 5. The van der Waals surface area contributed by atoms with Gasteiger partial charge in [-0.05, 0) is 24.4 Å². The molecule has 0 atom stereocenters. The highest BCUT2D eigenvalue weighted by Crippen LogP contribution is 2.34. The van der Waals surface area contributed by atoms with E-state index in [0.29, 0.717) is 32.5 Å². The van der Waals surface area contributed by atoms with Crippen LogP contribution in [0.1, 0.15) is 18.5 Å². The standard InChI is InChI=1S/C9H12N2O3S/c12-8(13)9(1-3-14-4-2-9)5-7-6-15-11-10-7/h6H,1-5H2,(H,12,13). The van der Waals surface area contributed by atoms with E-state index in [2.05, 4.69) is 9.59 Å². The fourth-order valence-electron chi connectivity index (χ4n) is 1.84. The van der Waals surface area contributed by atoms with Crippen LogP contribution in [0.5, 0.6) is 0 Å². The van der Waals surface area contributed by atoms with E-state index in [1.54, 1.807) is 5.38 Å². The van der Waals surface area contributed by atoms with Gasteiger partial charge in [0.2, 0.25) is 0 Å². The lowest BCUT2D eigenvalue weighted by Gasteiger charge is -2.32. The number of rotatable bonds is 3. The van der Waals surface area contributed by atoms with Gasteiger partial charge in [0.1, 0.15) is 0 Å². The van der Waals surface area contributed by atoms with E-state index in [0.717, 1.165) is 5.69 Å². The van der Waals surface area contributed by atoms with Gasteiger partial charge in [-0.2, -0.15) is 0 Å². The highest BCUT2D eigenvalue weighted by Gasteiger charge is 2.40. The van der Waals surface area contributed by atoms with Crippen molar-refractivity contribution in [2.75, 3.05) is 13.2 Å². The van der Waals surface area contributed by atoms with E-state index in [9.17, 15) is 9.90 Å². The Bertz CT molecular complexity index is 333. The first-order valence-electron chi connectivity index (χ1n) is 4.80. The summed E-state index contributed by atoms with van der Waals surface area (Å²) in [4.78, 5) is 11.3. The van der Waals surface area contributed by atoms with Crippen molar-refractivity contribution < 1.29 is 14.6 Å². The van der Waals surface area contributed by atoms with Gasteiger partial charge in [-0.15, -0.1) is 5.10 Å². The molecular weight excluding hydrogens is 216 g/mol. The number of carboxylic acid groups (broad SMARTS) is 1. The predicted octanol–water partition coefficient (Wildman–Crippen LogP) is 0.962. The molecule has 0 aliphatic carbocycles. The SMILES string of the molecule is O=C(O)C1(Cc2csnn2)CCOCC1. The van der Waals surface area contributed by atoms with Gasteiger partial charge in [-0.1, -0.05) is 4.49 Å². The molecule has 0 saturated carbocycles. The van der Waals surface area contributed by atoms with Crippen molar-refractivity contribution in [2.45, 2.75) is 19.3 Å². The molecule has 0 aromatic carbocycles. The van der Waals surface area contributed by atoms with Crippen LogP contribution in [0.15, 0.2) is 5.38 Å². The summed E-state index contributed by atoms with van der Waals surface area (Å²) in [6.07, 6.45) is 1.57. The normalized spacial score (nSPS) is 20.0. The van der Waals surface area contributed by atoms with Crippen LogP contribution in [0.3, 0.4) is 0 Å². The van der Waals surface area contributed by atoms with E-state index < -0.39 is 11.4 Å². The van der Waals surface area contributed by atoms with Crippen molar-refractivity contribution in [3.8, 4) is 0 Å². The van der Waals surface area contributed by atoms with E-state index >= 15 is 0 Å². The maximum absolute atomic E-state index is 11.3. The average Bonchev–Trinajstić information content (AvgIpc) is 2.71. The Morgan fingerprint density at radius 1 is 1.60 bits per heavy atom. The second kappa shape index (κ2) is 4.24. The molecule has 1 fully saturated rings. The molecule has 82 valence electrons. The summed E-state index contributed by atoms with van der Waals surface area (Å²) in [6.45, 7) is 1.04. The van der Waals surface area contributed by atoms with E-state index in [4.69, 9.17) is 4.74 Å². The zero-order chi connectivity index (χ0) is 10.7. The summed E-state index contributed by atoms with van der Waals surface area (Å²) in [5.74, 6) is -0.751. The minimum absolute atomic E-state index is 0.461. The summed E-state index contributed by atoms with van der Waals surface area (Å²) in [5.41, 5.74) is 0.0675. The quantitative estimate of drug-likeness (QED) is 0.834. The number of ether oxygens (including phenoxy) is 1. The number of aromatic nitrogens is 2. The lowest BCUT2D eigenvalue weighted by Crippen LogP contribution is -2.39. The number of carbonyl (C=O) groups is 1. The molecule has 1 aromatic rings. The van der Waals surface area contributed by atoms with Crippen molar-refractivity contribution in [1.29, 1.82) is 0 Å². The molecule has 1 saturated heterocycles. The molecule has 0 spiro atoms. The smallest absolute Gasteiger partial charge is 0.310 e. The zero-order valence-corrected chi connectivity index (χ0v) is 9.00. The van der Waals surface area contributed by atoms with Crippen molar-refractivity contribution in [3.63, 3.8) is 0 Å². The molecule has 6 heteroatoms. The molecule has 0 amide bonds. The van der Waals surface area contributed by atoms with Crippen LogP contribution in [0.2, 0.25) is 0 Å². The second-order valence-electron chi connectivity index (χ2n) is 3.77. The van der Waals surface area contributed by atoms with Crippen LogP contribution < -0.4 is 0 Å². The summed E-state index contributed by atoms with van der Waals surface area (Å²) in [7, 11) is 0. The third-order valence-corrected chi connectivity index (χ3v) is 3.38. The van der Waals surface area contributed by atoms with E-state index in [-0.39, 0.29) is 0 Å². The Balaban J connectivity index is 2.15. The van der Waals surface area contributed by atoms with Crippen molar-refractivity contribution in [3.05, 3.63) is 11.1 Å². The van der Waals surface area contributed by atoms with Gasteiger partial charge in [0.05, 0.1) is 11.1 Å². The molecule has 0 unspecified atom stereocenters. The van der Waals surface area contributed by atoms with Crippen LogP contribution in [-0.4, -0.2) is 33.9 Å². The first kappa shape index (κ1) is 10.5. The Morgan fingerprint density at radius 3 is 2.87 bits per heavy atom. The zero-order valence-electron chi connectivity index (χ0n) is 8.18. The maximum atomic E-state index is 11.3. The third kappa shape index (κ3) is 2.15. The molecule has 1 N–H and O–H groups in total. The van der Waals surface area contributed by atoms with Crippen LogP contribution in [-0.2, 0) is 16.0 Å². The number of hydrogen-bond donors (Lipinski definition) is 1. The second-order valence-corrected chi connectivity index (χ2v) is 4.38. The van der Waals surface area contributed by atoms with Gasteiger partial charge in [0.25, 0.3) is 0 Å². The fraction of sp³-hybridized carbons (Fsp3) is 0.667. The molecule has 2 rings (SSSR count). The topological polar surface area (TPSA) is 72.3 Å². The number of nitrogens with zero attached hydrogens (tertiary/aromatic N) is 2. The first-order chi connectivity index (χ1) is 7.23. The molecule has 2 heterocycles. The summed E-state index contributed by atoms with van der Waals surface area (Å²) in [5, 5.41) is 15.0. The number of carboxylic acids is 1. The molecule has 0 bridgehead atoms. The van der Waals surface area contributed by atoms with Crippen molar-refractivity contribution in [1.82, 2.24) is 9.59 Å². The Hall–Kier alpha value is -1.01. The third-order valence-electron chi connectivity index (χ3n) is 2.83. The van der Waals surface area contributed by atoms with Crippen LogP contribution in [0, 0.1) is 5.41 Å². The van der Waals surface area contributed by atoms with Crippen molar-refractivity contribution in [2.24, 2.45) is 5.41 Å². The monoisotopic (exact) mass is 228 g/mol. The van der Waals surface area contributed by atoms with Crippen LogP contribution in [0.4, 0.5) is 0 Å². The molecule has 1 aliphatic heterocycles. The molecule has 1 aliphatic rings. The van der Waals surface area contributed by atoms with Crippen molar-refractivity contribution >= 4 is 17.5 Å². The van der Waals surface area contributed by atoms with Gasteiger partial charge in [0.15, 0.2) is 0 Å². The number of aliphatic carboxylic acids is 1. The predicted molar refractivity (Wildman–Crippen MR) is 53.7 cm³/mol. The lowest BCUT2D eigenvalue weighted by molar-refractivity contribution is -0.154. The fourth-order valence-corrected chi connectivity index (χ4v) is 2.29. The molecule has 5 nitrogen and oxygen atoms in total. The van der Waals surface area contributed by atoms with Crippen LogP contribution in [0.25, 0.3) is 0 Å². The van der Waals surface area contributed by atoms with E-state index in [1.807, 2.05) is 0 Å². The summed E-state index contributed by atoms with van der Waals surface area (Å²) in [6, 6.07) is 0. The molecule has 0 radical (unpaired) electrons. The largest absolute Gasteiger partial charge is 0.481 e. The average molecular weight is 228 g/mol. The minimum Gasteiger partial charge on any atom is -0.481 e. The maximum Gasteiger partial charge on any atom is 0.310 e. The minimum atomic E-state index is -0.751. The van der Waals surface area contributed by atoms with Gasteiger partial charge in [-0.25, -0.2) is 0 Å². The molecule has 15 heavy (non-hydrogen) atoms. The highest BCUT2D eigenvalue weighted by molar-refractivity contribution is 7.03. The summed E-state index contributed by atoms with van der Waals surface area (Å²) < 4.78 is 8.94. The van der Waals surface area contributed by atoms with Gasteiger partial charge in [-0.3, -0.25) is 4.79 Å². The molecular formula is C9H12N2O3S. The first-order valence-corrected chi connectivity index (χ1v) is 5.64. The highest BCUT2D eigenvalue weighted by atomic mass is 32.1. The van der Waals surface area contributed by atoms with Crippen LogP contribution >= 0.6 is 11.5 Å². The Kier molecular flexibility index (Phi) is 2.97. The van der Waals surface area contributed by atoms with Gasteiger partial charge in [0, 0.05) is 25.0 Å². The Morgan fingerprint density at radius 2 is 2.33 bits per heavy atom. The Labute approximate surface area is 91.2 Å². The van der Waals surface area contributed by atoms with E-state index in [1.165, 1.54) is 11.5 Å². The molecule has 1 aromatic heterocycles. The lowest BCUT2D eigenvalue weighted by atomic mass is 9.76.